The van der Waals surface area contributed by atoms with Crippen LogP contribution in [-0.2, 0) is 0 Å². The Bertz CT molecular complexity index is 373. The lowest BCUT2D eigenvalue weighted by Crippen LogP contribution is -2.31. The maximum absolute atomic E-state index is 8.76. The van der Waals surface area contributed by atoms with Gasteiger partial charge in [0, 0.05) is 19.7 Å². The third-order valence-corrected chi connectivity index (χ3v) is 3.62. The van der Waals surface area contributed by atoms with Gasteiger partial charge in [0.2, 0.25) is 0 Å². The van der Waals surface area contributed by atoms with Crippen LogP contribution in [0.1, 0.15) is 32.6 Å². The molecule has 1 aromatic carbocycles. The van der Waals surface area contributed by atoms with E-state index in [9.17, 15) is 0 Å². The van der Waals surface area contributed by atoms with Gasteiger partial charge in [-0.15, -0.1) is 17.0 Å². The van der Waals surface area contributed by atoms with Crippen LogP contribution in [0.25, 0.3) is 0 Å². The Morgan fingerprint density at radius 2 is 1.63 bits per heavy atom. The Kier molecular flexibility index (Phi) is 7.24. The fourth-order valence-corrected chi connectivity index (χ4v) is 2.59. The Morgan fingerprint density at radius 3 is 2.26 bits per heavy atom. The minimum absolute atomic E-state index is 0. The zero-order valence-corrected chi connectivity index (χ0v) is 13.4. The highest BCUT2D eigenvalue weighted by molar-refractivity contribution is 8.93. The summed E-state index contributed by atoms with van der Waals surface area (Å²) in [6.45, 7) is 5.75. The first-order chi connectivity index (χ1) is 8.86. The lowest BCUT2D eigenvalue weighted by atomic mass is 10.2. The van der Waals surface area contributed by atoms with Crippen LogP contribution in [-0.4, -0.2) is 31.5 Å². The van der Waals surface area contributed by atoms with Crippen LogP contribution in [0, 0.1) is 0 Å². The SMILES string of the molecule is Br.CCN1CN(CCCCCCO)c2ccccc21. The van der Waals surface area contributed by atoms with Crippen molar-refractivity contribution in [2.24, 2.45) is 0 Å². The number of aliphatic hydroxyl groups is 1. The molecule has 0 atom stereocenters. The summed E-state index contributed by atoms with van der Waals surface area (Å²) in [5, 5.41) is 8.76. The fraction of sp³-hybridized carbons (Fsp3) is 0.600. The van der Waals surface area contributed by atoms with Crippen molar-refractivity contribution < 1.29 is 5.11 Å². The Balaban J connectivity index is 0.00000180. The zero-order chi connectivity index (χ0) is 12.8. The van der Waals surface area contributed by atoms with E-state index in [1.54, 1.807) is 0 Å². The predicted molar refractivity (Wildman–Crippen MR) is 87.6 cm³/mol. The van der Waals surface area contributed by atoms with Crippen molar-refractivity contribution in [3.05, 3.63) is 24.3 Å². The second kappa shape index (κ2) is 8.43. The van der Waals surface area contributed by atoms with Gasteiger partial charge in [-0.2, -0.15) is 0 Å². The molecule has 1 N–H and O–H groups in total. The average molecular weight is 329 g/mol. The molecule has 0 aromatic heterocycles. The second-order valence-electron chi connectivity index (χ2n) is 4.89. The number of hydrogen-bond acceptors (Lipinski definition) is 3. The number of nitrogens with zero attached hydrogens (tertiary/aromatic N) is 2. The van der Waals surface area contributed by atoms with Crippen LogP contribution in [0.4, 0.5) is 11.4 Å². The number of para-hydroxylation sites is 2. The largest absolute Gasteiger partial charge is 0.396 e. The van der Waals surface area contributed by atoms with Gasteiger partial charge in [0.25, 0.3) is 0 Å². The van der Waals surface area contributed by atoms with Crippen molar-refractivity contribution in [1.82, 2.24) is 0 Å². The molecule has 0 radical (unpaired) electrons. The molecule has 0 fully saturated rings. The Morgan fingerprint density at radius 1 is 1.00 bits per heavy atom. The van der Waals surface area contributed by atoms with Gasteiger partial charge in [-0.3, -0.25) is 0 Å². The van der Waals surface area contributed by atoms with E-state index in [-0.39, 0.29) is 17.0 Å². The number of unbranched alkanes of at least 4 members (excludes halogenated alkanes) is 3. The van der Waals surface area contributed by atoms with Crippen LogP contribution in [0.2, 0.25) is 0 Å². The highest BCUT2D eigenvalue weighted by atomic mass is 79.9. The molecule has 0 unspecified atom stereocenters. The number of aliphatic hydroxyl groups excluding tert-OH is 1. The summed E-state index contributed by atoms with van der Waals surface area (Å²) < 4.78 is 0. The van der Waals surface area contributed by atoms with Gasteiger partial charge >= 0.3 is 0 Å². The molecule has 1 aromatic rings. The summed E-state index contributed by atoms with van der Waals surface area (Å²) in [5.41, 5.74) is 2.75. The molecule has 19 heavy (non-hydrogen) atoms. The van der Waals surface area contributed by atoms with Crippen LogP contribution >= 0.6 is 17.0 Å². The lowest BCUT2D eigenvalue weighted by Gasteiger charge is -2.20. The molecular formula is C15H25BrN2O. The number of benzene rings is 1. The van der Waals surface area contributed by atoms with Gasteiger partial charge in [-0.25, -0.2) is 0 Å². The molecule has 0 spiro atoms. The van der Waals surface area contributed by atoms with Gasteiger partial charge in [-0.1, -0.05) is 25.0 Å². The third kappa shape index (κ3) is 4.11. The molecule has 0 saturated carbocycles. The standard InChI is InChI=1S/C15H24N2O.BrH/c1-2-16-13-17(11-7-3-4-8-12-18)15-10-6-5-9-14(15)16;/h5-6,9-10,18H,2-4,7-8,11-13H2,1H3;1H. The van der Waals surface area contributed by atoms with E-state index in [1.807, 2.05) is 0 Å². The minimum Gasteiger partial charge on any atom is -0.396 e. The van der Waals surface area contributed by atoms with Gasteiger partial charge < -0.3 is 14.9 Å². The molecule has 3 nitrogen and oxygen atoms in total. The summed E-state index contributed by atoms with van der Waals surface area (Å²) >= 11 is 0. The van der Waals surface area contributed by atoms with E-state index in [4.69, 9.17) is 5.11 Å². The molecule has 1 aliphatic heterocycles. The molecule has 1 heterocycles. The Labute approximate surface area is 127 Å². The maximum Gasteiger partial charge on any atom is 0.0904 e. The third-order valence-electron chi connectivity index (χ3n) is 3.62. The molecule has 4 heteroatoms. The molecule has 2 rings (SSSR count). The average Bonchev–Trinajstić information content (AvgIpc) is 2.77. The van der Waals surface area contributed by atoms with Crippen molar-refractivity contribution in [2.75, 3.05) is 36.2 Å². The van der Waals surface area contributed by atoms with Crippen LogP contribution in [0.3, 0.4) is 0 Å². The number of fused-ring (bicyclic) bond motifs is 1. The topological polar surface area (TPSA) is 26.7 Å². The predicted octanol–water partition coefficient (Wildman–Crippen LogP) is 3.42. The van der Waals surface area contributed by atoms with Crippen molar-refractivity contribution in [3.63, 3.8) is 0 Å². The van der Waals surface area contributed by atoms with Crippen molar-refractivity contribution in [2.45, 2.75) is 32.6 Å². The fourth-order valence-electron chi connectivity index (χ4n) is 2.59. The number of anilines is 2. The number of hydrogen-bond donors (Lipinski definition) is 1. The minimum atomic E-state index is 0. The van der Waals surface area contributed by atoms with Crippen molar-refractivity contribution in [3.8, 4) is 0 Å². The summed E-state index contributed by atoms with van der Waals surface area (Å²) in [6.07, 6.45) is 4.51. The molecular weight excluding hydrogens is 304 g/mol. The summed E-state index contributed by atoms with van der Waals surface area (Å²) in [6, 6.07) is 8.67. The van der Waals surface area contributed by atoms with E-state index < -0.39 is 0 Å². The van der Waals surface area contributed by atoms with Crippen molar-refractivity contribution in [1.29, 1.82) is 0 Å². The first kappa shape index (κ1) is 16.3. The molecule has 0 amide bonds. The molecule has 0 aliphatic carbocycles. The molecule has 108 valence electrons. The van der Waals surface area contributed by atoms with E-state index >= 15 is 0 Å². The highest BCUT2D eigenvalue weighted by Crippen LogP contribution is 2.35. The summed E-state index contributed by atoms with van der Waals surface area (Å²) in [7, 11) is 0. The van der Waals surface area contributed by atoms with Crippen LogP contribution in [0.15, 0.2) is 24.3 Å². The number of halogens is 1. The van der Waals surface area contributed by atoms with E-state index in [0.717, 1.165) is 32.6 Å². The van der Waals surface area contributed by atoms with E-state index in [0.29, 0.717) is 6.61 Å². The van der Waals surface area contributed by atoms with Crippen LogP contribution < -0.4 is 9.80 Å². The smallest absolute Gasteiger partial charge is 0.0904 e. The van der Waals surface area contributed by atoms with Crippen molar-refractivity contribution >= 4 is 28.4 Å². The highest BCUT2D eigenvalue weighted by Gasteiger charge is 2.23. The first-order valence-electron chi connectivity index (χ1n) is 7.06. The monoisotopic (exact) mass is 328 g/mol. The summed E-state index contributed by atoms with van der Waals surface area (Å²) in [5.74, 6) is 0. The van der Waals surface area contributed by atoms with Gasteiger partial charge in [-0.05, 0) is 31.9 Å². The summed E-state index contributed by atoms with van der Waals surface area (Å²) in [4.78, 5) is 4.89. The van der Waals surface area contributed by atoms with E-state index in [1.165, 1.54) is 24.2 Å². The van der Waals surface area contributed by atoms with Crippen LogP contribution in [0.5, 0.6) is 0 Å². The zero-order valence-electron chi connectivity index (χ0n) is 11.7. The normalized spacial score (nSPS) is 13.4. The molecule has 0 bridgehead atoms. The van der Waals surface area contributed by atoms with Gasteiger partial charge in [0.15, 0.2) is 0 Å². The molecule has 0 saturated heterocycles. The first-order valence-corrected chi connectivity index (χ1v) is 7.06. The lowest BCUT2D eigenvalue weighted by molar-refractivity contribution is 0.282. The quantitative estimate of drug-likeness (QED) is 0.777. The maximum atomic E-state index is 8.76. The van der Waals surface area contributed by atoms with Gasteiger partial charge in [0.1, 0.15) is 0 Å². The van der Waals surface area contributed by atoms with E-state index in [2.05, 4.69) is 41.0 Å². The number of rotatable bonds is 7. The second-order valence-corrected chi connectivity index (χ2v) is 4.89. The Hall–Kier alpha value is -0.740. The van der Waals surface area contributed by atoms with Gasteiger partial charge in [0.05, 0.1) is 18.0 Å². The molecule has 1 aliphatic rings.